The second-order valence-electron chi connectivity index (χ2n) is 6.37. The molecule has 118 valence electrons. The smallest absolute Gasteiger partial charge is 0.319 e. The van der Waals surface area contributed by atoms with Crippen LogP contribution in [-0.4, -0.2) is 35.0 Å². The second kappa shape index (κ2) is 6.01. The molecule has 2 atom stereocenters. The van der Waals surface area contributed by atoms with Crippen molar-refractivity contribution in [2.24, 2.45) is 11.8 Å². The van der Waals surface area contributed by atoms with Crippen LogP contribution in [0.4, 0.5) is 10.5 Å². The van der Waals surface area contributed by atoms with E-state index in [1.807, 2.05) is 18.2 Å². The number of aromatic nitrogens is 1. The highest BCUT2D eigenvalue weighted by Crippen LogP contribution is 2.45. The van der Waals surface area contributed by atoms with Gasteiger partial charge in [-0.2, -0.15) is 0 Å². The number of amides is 2. The number of benzene rings is 1. The molecule has 0 bridgehead atoms. The molecule has 4 rings (SSSR count). The zero-order valence-corrected chi connectivity index (χ0v) is 12.9. The van der Waals surface area contributed by atoms with Gasteiger partial charge in [0.25, 0.3) is 0 Å². The molecular formula is C18H20N4O. The lowest BCUT2D eigenvalue weighted by Gasteiger charge is -2.20. The number of carbonyl (C=O) groups excluding carboxylic acids is 1. The van der Waals surface area contributed by atoms with Crippen molar-refractivity contribution < 1.29 is 4.79 Å². The highest BCUT2D eigenvalue weighted by Gasteiger charge is 2.56. The second-order valence-corrected chi connectivity index (χ2v) is 6.37. The van der Waals surface area contributed by atoms with Crippen LogP contribution in [0.1, 0.15) is 5.56 Å². The van der Waals surface area contributed by atoms with Crippen molar-refractivity contribution in [2.45, 2.75) is 12.6 Å². The largest absolute Gasteiger partial charge is 0.334 e. The van der Waals surface area contributed by atoms with Crippen molar-refractivity contribution >= 4 is 11.7 Å². The molecule has 2 unspecified atom stereocenters. The van der Waals surface area contributed by atoms with E-state index in [-0.39, 0.29) is 6.03 Å². The molecule has 2 fully saturated rings. The van der Waals surface area contributed by atoms with E-state index in [9.17, 15) is 4.79 Å². The van der Waals surface area contributed by atoms with Gasteiger partial charge in [-0.15, -0.1) is 0 Å². The Hall–Kier alpha value is -2.40. The predicted octanol–water partition coefficient (Wildman–Crippen LogP) is 2.33. The summed E-state index contributed by atoms with van der Waals surface area (Å²) in [5.41, 5.74) is 2.08. The normalized spacial score (nSPS) is 25.7. The van der Waals surface area contributed by atoms with Crippen molar-refractivity contribution in [3.63, 3.8) is 0 Å². The molecule has 0 spiro atoms. The number of carbonyl (C=O) groups is 1. The molecule has 2 amide bonds. The first-order valence-corrected chi connectivity index (χ1v) is 8.03. The van der Waals surface area contributed by atoms with E-state index in [1.165, 1.54) is 5.56 Å². The standard InChI is InChI=1S/C18H20N4O/c23-18(20-14-7-4-8-19-9-14)21-17-15-11-22(12-16(15)17)10-13-5-2-1-3-6-13/h1-9,15-17H,10-12H2,(H2,20,21,23). The Labute approximate surface area is 135 Å². The molecule has 2 heterocycles. The van der Waals surface area contributed by atoms with Crippen LogP contribution < -0.4 is 10.6 Å². The zero-order chi connectivity index (χ0) is 15.6. The number of nitrogens with zero attached hydrogens (tertiary/aromatic N) is 2. The molecule has 23 heavy (non-hydrogen) atoms. The lowest BCUT2D eigenvalue weighted by atomic mass is 10.2. The number of hydrogen-bond donors (Lipinski definition) is 2. The Morgan fingerprint density at radius 1 is 1.13 bits per heavy atom. The summed E-state index contributed by atoms with van der Waals surface area (Å²) in [5.74, 6) is 1.19. The molecular weight excluding hydrogens is 288 g/mol. The van der Waals surface area contributed by atoms with Gasteiger partial charge in [-0.05, 0) is 29.5 Å². The topological polar surface area (TPSA) is 57.3 Å². The molecule has 0 radical (unpaired) electrons. The number of likely N-dealkylation sites (tertiary alicyclic amines) is 1. The molecule has 1 saturated heterocycles. The van der Waals surface area contributed by atoms with Gasteiger partial charge in [0.15, 0.2) is 0 Å². The summed E-state index contributed by atoms with van der Waals surface area (Å²) in [4.78, 5) is 18.5. The first-order chi connectivity index (χ1) is 11.3. The lowest BCUT2D eigenvalue weighted by molar-refractivity contribution is 0.245. The van der Waals surface area contributed by atoms with E-state index in [1.54, 1.807) is 12.4 Å². The van der Waals surface area contributed by atoms with Crippen LogP contribution in [0.25, 0.3) is 0 Å². The SMILES string of the molecule is O=C(Nc1cccnc1)NC1C2CN(Cc3ccccc3)CC21. The summed E-state index contributed by atoms with van der Waals surface area (Å²) >= 11 is 0. The third-order valence-corrected chi connectivity index (χ3v) is 4.74. The van der Waals surface area contributed by atoms with Crippen molar-refractivity contribution in [1.82, 2.24) is 15.2 Å². The van der Waals surface area contributed by atoms with Crippen LogP contribution in [0.2, 0.25) is 0 Å². The monoisotopic (exact) mass is 308 g/mol. The van der Waals surface area contributed by atoms with Gasteiger partial charge in [-0.3, -0.25) is 9.88 Å². The van der Waals surface area contributed by atoms with Gasteiger partial charge in [0.2, 0.25) is 0 Å². The van der Waals surface area contributed by atoms with E-state index in [4.69, 9.17) is 0 Å². The predicted molar refractivity (Wildman–Crippen MR) is 88.9 cm³/mol. The van der Waals surface area contributed by atoms with Gasteiger partial charge in [0.05, 0.1) is 11.9 Å². The molecule has 2 aromatic rings. The molecule has 1 aliphatic heterocycles. The summed E-state index contributed by atoms with van der Waals surface area (Å²) in [6.07, 6.45) is 3.34. The molecule has 5 heteroatoms. The lowest BCUT2D eigenvalue weighted by Crippen LogP contribution is -2.36. The Balaban J connectivity index is 1.24. The number of rotatable bonds is 4. The maximum Gasteiger partial charge on any atom is 0.319 e. The van der Waals surface area contributed by atoms with Gasteiger partial charge in [-0.25, -0.2) is 4.79 Å². The zero-order valence-electron chi connectivity index (χ0n) is 12.9. The average molecular weight is 308 g/mol. The molecule has 5 nitrogen and oxygen atoms in total. The number of anilines is 1. The van der Waals surface area contributed by atoms with E-state index in [0.717, 1.165) is 25.3 Å². The van der Waals surface area contributed by atoms with Crippen molar-refractivity contribution in [3.05, 3.63) is 60.4 Å². The molecule has 2 aliphatic rings. The fourth-order valence-electron chi connectivity index (χ4n) is 3.55. The van der Waals surface area contributed by atoms with E-state index in [2.05, 4.69) is 44.8 Å². The van der Waals surface area contributed by atoms with Gasteiger partial charge in [0, 0.05) is 31.9 Å². The minimum absolute atomic E-state index is 0.132. The quantitative estimate of drug-likeness (QED) is 0.911. The Morgan fingerprint density at radius 3 is 2.61 bits per heavy atom. The first kappa shape index (κ1) is 14.2. The number of fused-ring (bicyclic) bond motifs is 1. The van der Waals surface area contributed by atoms with Crippen molar-refractivity contribution in [1.29, 1.82) is 0 Å². The first-order valence-electron chi connectivity index (χ1n) is 8.03. The molecule has 1 aliphatic carbocycles. The minimum Gasteiger partial charge on any atom is -0.334 e. The number of hydrogen-bond acceptors (Lipinski definition) is 3. The van der Waals surface area contributed by atoms with Gasteiger partial charge in [-0.1, -0.05) is 30.3 Å². The van der Waals surface area contributed by atoms with Gasteiger partial charge < -0.3 is 10.6 Å². The fraction of sp³-hybridized carbons (Fsp3) is 0.333. The highest BCUT2D eigenvalue weighted by atomic mass is 16.2. The van der Waals surface area contributed by atoms with Crippen molar-refractivity contribution in [3.8, 4) is 0 Å². The van der Waals surface area contributed by atoms with Crippen LogP contribution in [0, 0.1) is 11.8 Å². The summed E-state index contributed by atoms with van der Waals surface area (Å²) in [7, 11) is 0. The highest BCUT2D eigenvalue weighted by molar-refractivity contribution is 5.89. The molecule has 1 aromatic carbocycles. The van der Waals surface area contributed by atoms with Crippen LogP contribution in [-0.2, 0) is 6.54 Å². The third-order valence-electron chi connectivity index (χ3n) is 4.74. The maximum atomic E-state index is 12.0. The maximum absolute atomic E-state index is 12.0. The van der Waals surface area contributed by atoms with Gasteiger partial charge >= 0.3 is 6.03 Å². The number of nitrogens with one attached hydrogen (secondary N) is 2. The summed E-state index contributed by atoms with van der Waals surface area (Å²) in [5, 5.41) is 5.91. The van der Waals surface area contributed by atoms with E-state index < -0.39 is 0 Å². The third kappa shape index (κ3) is 3.19. The molecule has 1 aromatic heterocycles. The number of pyridine rings is 1. The van der Waals surface area contributed by atoms with Crippen LogP contribution in [0.3, 0.4) is 0 Å². The summed E-state index contributed by atoms with van der Waals surface area (Å²) < 4.78 is 0. The van der Waals surface area contributed by atoms with Crippen LogP contribution in [0.15, 0.2) is 54.9 Å². The van der Waals surface area contributed by atoms with E-state index >= 15 is 0 Å². The van der Waals surface area contributed by atoms with Crippen molar-refractivity contribution in [2.75, 3.05) is 18.4 Å². The number of piperidine rings is 1. The average Bonchev–Trinajstić information content (AvgIpc) is 3.01. The minimum atomic E-state index is -0.132. The molecule has 2 N–H and O–H groups in total. The van der Waals surface area contributed by atoms with Gasteiger partial charge in [0.1, 0.15) is 0 Å². The Bertz CT molecular complexity index is 664. The Morgan fingerprint density at radius 2 is 1.91 bits per heavy atom. The Kier molecular flexibility index (Phi) is 3.71. The summed E-state index contributed by atoms with van der Waals surface area (Å²) in [6, 6.07) is 14.4. The molecule has 1 saturated carbocycles. The van der Waals surface area contributed by atoms with E-state index in [0.29, 0.717) is 17.9 Å². The fourth-order valence-corrected chi connectivity index (χ4v) is 3.55. The van der Waals surface area contributed by atoms with Crippen LogP contribution >= 0.6 is 0 Å². The summed E-state index contributed by atoms with van der Waals surface area (Å²) in [6.45, 7) is 3.14. The number of urea groups is 1. The van der Waals surface area contributed by atoms with Crippen LogP contribution in [0.5, 0.6) is 0 Å².